The first-order valence-electron chi connectivity index (χ1n) is 8.36. The summed E-state index contributed by atoms with van der Waals surface area (Å²) >= 11 is 12.0. The third-order valence-corrected chi connectivity index (χ3v) is 5.15. The minimum atomic E-state index is -0.445. The number of amides is 1. The van der Waals surface area contributed by atoms with Crippen LogP contribution in [0.1, 0.15) is 36.9 Å². The van der Waals surface area contributed by atoms with Gasteiger partial charge in [0.15, 0.2) is 0 Å². The van der Waals surface area contributed by atoms with Crippen LogP contribution in [0.25, 0.3) is 6.08 Å². The third-order valence-electron chi connectivity index (χ3n) is 4.62. The highest BCUT2D eigenvalue weighted by Gasteiger charge is 2.37. The van der Waals surface area contributed by atoms with E-state index in [9.17, 15) is 10.1 Å². The number of aromatic nitrogens is 1. The number of carbonyl (C=O) groups excluding carboxylic acids is 1. The van der Waals surface area contributed by atoms with E-state index < -0.39 is 11.4 Å². The highest BCUT2D eigenvalue weighted by atomic mass is 35.5. The molecule has 0 aliphatic heterocycles. The van der Waals surface area contributed by atoms with Gasteiger partial charge in [-0.3, -0.25) is 4.79 Å². The molecule has 4 nitrogen and oxygen atoms in total. The van der Waals surface area contributed by atoms with Crippen molar-refractivity contribution in [2.24, 2.45) is 0 Å². The van der Waals surface area contributed by atoms with Gasteiger partial charge in [-0.2, -0.15) is 5.26 Å². The first-order valence-corrected chi connectivity index (χ1v) is 9.11. The number of benzene rings is 1. The Morgan fingerprint density at radius 3 is 2.50 bits per heavy atom. The fourth-order valence-electron chi connectivity index (χ4n) is 3.33. The van der Waals surface area contributed by atoms with Gasteiger partial charge in [0.25, 0.3) is 5.91 Å². The summed E-state index contributed by atoms with van der Waals surface area (Å²) in [6.45, 7) is 0. The van der Waals surface area contributed by atoms with Gasteiger partial charge >= 0.3 is 0 Å². The summed E-state index contributed by atoms with van der Waals surface area (Å²) in [5, 5.41) is 13.1. The van der Waals surface area contributed by atoms with Crippen molar-refractivity contribution in [3.63, 3.8) is 0 Å². The molecule has 132 valence electrons. The van der Waals surface area contributed by atoms with Crippen molar-refractivity contribution in [2.45, 2.75) is 31.2 Å². The number of hydrogen-bond acceptors (Lipinski definition) is 3. The summed E-state index contributed by atoms with van der Waals surface area (Å²) in [5.74, 6) is -0.434. The number of pyridine rings is 1. The summed E-state index contributed by atoms with van der Waals surface area (Å²) in [6.07, 6.45) is 5.12. The normalized spacial score (nSPS) is 16.1. The fourth-order valence-corrected chi connectivity index (χ4v) is 3.64. The summed E-state index contributed by atoms with van der Waals surface area (Å²) in [6, 6.07) is 15.0. The smallest absolute Gasteiger partial charge is 0.262 e. The average Bonchev–Trinajstić information content (AvgIpc) is 3.12. The third kappa shape index (κ3) is 3.90. The zero-order valence-corrected chi connectivity index (χ0v) is 15.5. The monoisotopic (exact) mass is 385 g/mol. The molecule has 0 atom stereocenters. The number of halogens is 2. The highest BCUT2D eigenvalue weighted by Crippen LogP contribution is 2.38. The second-order valence-corrected chi connectivity index (χ2v) is 7.07. The molecule has 0 spiro atoms. The molecular weight excluding hydrogens is 369 g/mol. The second-order valence-electron chi connectivity index (χ2n) is 6.28. The number of nitrogens with one attached hydrogen (secondary N) is 1. The van der Waals surface area contributed by atoms with Crippen molar-refractivity contribution in [1.82, 2.24) is 10.3 Å². The van der Waals surface area contributed by atoms with Crippen LogP contribution in [0.5, 0.6) is 0 Å². The Morgan fingerprint density at radius 1 is 1.15 bits per heavy atom. The summed E-state index contributed by atoms with van der Waals surface area (Å²) < 4.78 is 0. The van der Waals surface area contributed by atoms with Crippen LogP contribution in [0.3, 0.4) is 0 Å². The lowest BCUT2D eigenvalue weighted by Gasteiger charge is -2.31. The molecule has 26 heavy (non-hydrogen) atoms. The quantitative estimate of drug-likeness (QED) is 0.463. The van der Waals surface area contributed by atoms with E-state index in [1.165, 1.54) is 6.08 Å². The van der Waals surface area contributed by atoms with Gasteiger partial charge in [-0.1, -0.05) is 66.4 Å². The van der Waals surface area contributed by atoms with Gasteiger partial charge in [-0.25, -0.2) is 4.98 Å². The molecule has 0 unspecified atom stereocenters. The van der Waals surface area contributed by atoms with Crippen molar-refractivity contribution in [1.29, 1.82) is 5.26 Å². The average molecular weight is 386 g/mol. The Hall–Kier alpha value is -2.35. The first kappa shape index (κ1) is 18.4. The van der Waals surface area contributed by atoms with E-state index in [4.69, 9.17) is 23.2 Å². The van der Waals surface area contributed by atoms with Gasteiger partial charge in [0.1, 0.15) is 16.8 Å². The molecule has 1 aromatic carbocycles. The second kappa shape index (κ2) is 7.90. The van der Waals surface area contributed by atoms with E-state index in [2.05, 4.69) is 10.3 Å². The molecule has 1 aromatic heterocycles. The molecule has 0 radical (unpaired) electrons. The molecule has 1 fully saturated rings. The van der Waals surface area contributed by atoms with Gasteiger partial charge in [-0.15, -0.1) is 0 Å². The molecule has 1 heterocycles. The molecule has 1 N–H and O–H groups in total. The molecule has 1 amide bonds. The minimum absolute atomic E-state index is 0.0520. The maximum Gasteiger partial charge on any atom is 0.262 e. The fraction of sp³-hybridized carbons (Fsp3) is 0.250. The summed E-state index contributed by atoms with van der Waals surface area (Å²) in [7, 11) is 0. The molecule has 0 bridgehead atoms. The lowest BCUT2D eigenvalue weighted by molar-refractivity contribution is -0.119. The van der Waals surface area contributed by atoms with Crippen LogP contribution in [0.2, 0.25) is 10.2 Å². The van der Waals surface area contributed by atoms with E-state index in [1.54, 1.807) is 12.1 Å². The van der Waals surface area contributed by atoms with E-state index in [1.807, 2.05) is 36.4 Å². The molecule has 1 aliphatic rings. The number of hydrogen-bond donors (Lipinski definition) is 1. The Kier molecular flexibility index (Phi) is 5.61. The lowest BCUT2D eigenvalue weighted by Crippen LogP contribution is -2.44. The van der Waals surface area contributed by atoms with Gasteiger partial charge in [0.05, 0.1) is 16.3 Å². The SMILES string of the molecule is N#C/C(=C\c1nc(Cl)ccc1Cl)C(=O)NC1(c2ccccc2)CCCC1. The minimum Gasteiger partial charge on any atom is -0.342 e. The van der Waals surface area contributed by atoms with E-state index in [0.717, 1.165) is 31.2 Å². The van der Waals surface area contributed by atoms with Crippen LogP contribution in [-0.4, -0.2) is 10.9 Å². The topological polar surface area (TPSA) is 65.8 Å². The molecule has 2 aromatic rings. The lowest BCUT2D eigenvalue weighted by atomic mass is 9.88. The van der Waals surface area contributed by atoms with E-state index in [0.29, 0.717) is 10.7 Å². The molecule has 1 aliphatic carbocycles. The van der Waals surface area contributed by atoms with E-state index >= 15 is 0 Å². The number of nitriles is 1. The molecule has 0 saturated heterocycles. The highest BCUT2D eigenvalue weighted by molar-refractivity contribution is 6.33. The van der Waals surface area contributed by atoms with Gasteiger partial charge in [-0.05, 0) is 36.6 Å². The predicted molar refractivity (Wildman–Crippen MR) is 103 cm³/mol. The maximum atomic E-state index is 12.8. The Bertz CT molecular complexity index is 882. The Morgan fingerprint density at radius 2 is 1.85 bits per heavy atom. The zero-order chi connectivity index (χ0) is 18.6. The van der Waals surface area contributed by atoms with Crippen LogP contribution in [0.4, 0.5) is 0 Å². The molecular formula is C20H17Cl2N3O. The van der Waals surface area contributed by atoms with Crippen LogP contribution in [0.15, 0.2) is 48.0 Å². The predicted octanol–water partition coefficient (Wildman–Crippen LogP) is 4.88. The van der Waals surface area contributed by atoms with E-state index in [-0.39, 0.29) is 10.7 Å². The first-order chi connectivity index (χ1) is 12.5. The molecule has 3 rings (SSSR count). The Labute approximate surface area is 162 Å². The summed E-state index contributed by atoms with van der Waals surface area (Å²) in [5.41, 5.74) is 0.858. The number of carbonyl (C=O) groups is 1. The largest absolute Gasteiger partial charge is 0.342 e. The van der Waals surface area contributed by atoms with Gasteiger partial charge in [0, 0.05) is 0 Å². The van der Waals surface area contributed by atoms with Crippen molar-refractivity contribution >= 4 is 35.2 Å². The maximum absolute atomic E-state index is 12.8. The van der Waals surface area contributed by atoms with Crippen LogP contribution >= 0.6 is 23.2 Å². The van der Waals surface area contributed by atoms with Crippen molar-refractivity contribution in [2.75, 3.05) is 0 Å². The summed E-state index contributed by atoms with van der Waals surface area (Å²) in [4.78, 5) is 16.9. The van der Waals surface area contributed by atoms with Crippen molar-refractivity contribution in [3.8, 4) is 6.07 Å². The van der Waals surface area contributed by atoms with Gasteiger partial charge < -0.3 is 5.32 Å². The van der Waals surface area contributed by atoms with Crippen molar-refractivity contribution in [3.05, 3.63) is 69.5 Å². The van der Waals surface area contributed by atoms with Crippen LogP contribution in [-0.2, 0) is 10.3 Å². The zero-order valence-electron chi connectivity index (χ0n) is 14.0. The van der Waals surface area contributed by atoms with Crippen LogP contribution in [0, 0.1) is 11.3 Å². The molecule has 1 saturated carbocycles. The van der Waals surface area contributed by atoms with Gasteiger partial charge in [0.2, 0.25) is 0 Å². The van der Waals surface area contributed by atoms with Crippen LogP contribution < -0.4 is 5.32 Å². The van der Waals surface area contributed by atoms with Crippen molar-refractivity contribution < 1.29 is 4.79 Å². The Balaban J connectivity index is 1.90. The number of nitrogens with zero attached hydrogens (tertiary/aromatic N) is 2. The standard InChI is InChI=1S/C20H17Cl2N3O/c21-16-8-9-18(22)24-17(16)12-14(13-23)19(26)25-20(10-4-5-11-20)15-6-2-1-3-7-15/h1-3,6-9,12H,4-5,10-11H2,(H,25,26)/b14-12+. The number of rotatable bonds is 4. The molecule has 6 heteroatoms.